The van der Waals surface area contributed by atoms with Crippen molar-refractivity contribution in [2.75, 3.05) is 0 Å². The third-order valence-corrected chi connectivity index (χ3v) is 3.69. The predicted octanol–water partition coefficient (Wildman–Crippen LogP) is 3.68. The molecule has 0 aliphatic carbocycles. The standard InChI is InChI=1S/C16H13ClF2N4/c1-8(20)21-7-11-2-9-3-13(17)12(5-15(9)23-11)10-4-14(18)16(19)22-6-10/h2-6,21,23H,1,7,20H2. The van der Waals surface area contributed by atoms with Crippen molar-refractivity contribution in [3.63, 3.8) is 0 Å². The molecule has 2 aromatic heterocycles. The van der Waals surface area contributed by atoms with Crippen LogP contribution in [0.5, 0.6) is 0 Å². The summed E-state index contributed by atoms with van der Waals surface area (Å²) >= 11 is 6.26. The molecule has 0 fully saturated rings. The van der Waals surface area contributed by atoms with E-state index in [1.165, 1.54) is 6.20 Å². The van der Waals surface area contributed by atoms with E-state index in [0.29, 0.717) is 28.5 Å². The van der Waals surface area contributed by atoms with Gasteiger partial charge >= 0.3 is 0 Å². The Morgan fingerprint density at radius 1 is 1.30 bits per heavy atom. The number of aromatic nitrogens is 2. The maximum absolute atomic E-state index is 13.4. The molecule has 1 aromatic carbocycles. The lowest BCUT2D eigenvalue weighted by Gasteiger charge is -2.05. The van der Waals surface area contributed by atoms with Crippen LogP contribution in [0.25, 0.3) is 22.0 Å². The summed E-state index contributed by atoms with van der Waals surface area (Å²) in [6, 6.07) is 6.52. The topological polar surface area (TPSA) is 66.7 Å². The lowest BCUT2D eigenvalue weighted by molar-refractivity contribution is 0.480. The predicted molar refractivity (Wildman–Crippen MR) is 86.6 cm³/mol. The van der Waals surface area contributed by atoms with Gasteiger partial charge in [-0.3, -0.25) is 0 Å². The van der Waals surface area contributed by atoms with Gasteiger partial charge in [-0.2, -0.15) is 4.39 Å². The van der Waals surface area contributed by atoms with Gasteiger partial charge in [0.25, 0.3) is 0 Å². The van der Waals surface area contributed by atoms with Gasteiger partial charge < -0.3 is 16.0 Å². The lowest BCUT2D eigenvalue weighted by atomic mass is 10.1. The molecule has 3 aromatic rings. The zero-order chi connectivity index (χ0) is 16.6. The van der Waals surface area contributed by atoms with E-state index < -0.39 is 11.8 Å². The molecule has 3 rings (SSSR count). The molecule has 0 amide bonds. The van der Waals surface area contributed by atoms with Gasteiger partial charge in [0, 0.05) is 38.9 Å². The molecule has 4 nitrogen and oxygen atoms in total. The van der Waals surface area contributed by atoms with Gasteiger partial charge in [-0.25, -0.2) is 9.37 Å². The Bertz CT molecular complexity index is 904. The highest BCUT2D eigenvalue weighted by Crippen LogP contribution is 2.32. The highest BCUT2D eigenvalue weighted by molar-refractivity contribution is 6.34. The maximum atomic E-state index is 13.4. The number of aromatic amines is 1. The van der Waals surface area contributed by atoms with Crippen molar-refractivity contribution in [2.45, 2.75) is 6.54 Å². The minimum Gasteiger partial charge on any atom is -0.386 e. The van der Waals surface area contributed by atoms with Gasteiger partial charge in [-0.05, 0) is 24.3 Å². The summed E-state index contributed by atoms with van der Waals surface area (Å²) in [5.41, 5.74) is 8.14. The Morgan fingerprint density at radius 3 is 2.78 bits per heavy atom. The Labute approximate surface area is 136 Å². The van der Waals surface area contributed by atoms with Gasteiger partial charge in [-0.1, -0.05) is 18.2 Å². The third kappa shape index (κ3) is 3.12. The Balaban J connectivity index is 2.02. The Kier molecular flexibility index (Phi) is 3.92. The molecule has 4 N–H and O–H groups in total. The number of fused-ring (bicyclic) bond motifs is 1. The van der Waals surface area contributed by atoms with Gasteiger partial charge in [0.05, 0.1) is 12.4 Å². The lowest BCUT2D eigenvalue weighted by Crippen LogP contribution is -2.18. The SMILES string of the molecule is C=C(N)NCc1cc2cc(Cl)c(-c3cnc(F)c(F)c3)cc2[nH]1. The van der Waals surface area contributed by atoms with Gasteiger partial charge in [0.1, 0.15) is 0 Å². The molecular formula is C16H13ClF2N4. The fourth-order valence-electron chi connectivity index (χ4n) is 2.31. The molecule has 23 heavy (non-hydrogen) atoms. The molecule has 2 heterocycles. The zero-order valence-electron chi connectivity index (χ0n) is 12.0. The van der Waals surface area contributed by atoms with Crippen molar-refractivity contribution in [1.82, 2.24) is 15.3 Å². The number of hydrogen-bond donors (Lipinski definition) is 3. The van der Waals surface area contributed by atoms with Crippen molar-refractivity contribution in [1.29, 1.82) is 0 Å². The van der Waals surface area contributed by atoms with Crippen LogP contribution in [0.4, 0.5) is 8.78 Å². The van der Waals surface area contributed by atoms with Crippen LogP contribution >= 0.6 is 11.6 Å². The molecule has 0 saturated carbocycles. The highest BCUT2D eigenvalue weighted by atomic mass is 35.5. The van der Waals surface area contributed by atoms with E-state index >= 15 is 0 Å². The summed E-state index contributed by atoms with van der Waals surface area (Å²) in [4.78, 5) is 6.59. The van der Waals surface area contributed by atoms with E-state index in [-0.39, 0.29) is 0 Å². The molecule has 118 valence electrons. The number of nitrogens with one attached hydrogen (secondary N) is 2. The van der Waals surface area contributed by atoms with E-state index in [1.54, 1.807) is 12.1 Å². The minimum absolute atomic E-state index is 0.371. The van der Waals surface area contributed by atoms with Crippen LogP contribution in [-0.2, 0) is 6.54 Å². The fourth-order valence-corrected chi connectivity index (χ4v) is 2.59. The molecule has 0 aliphatic heterocycles. The molecule has 0 bridgehead atoms. The summed E-state index contributed by atoms with van der Waals surface area (Å²) in [6.07, 6.45) is 1.25. The Hall–Kier alpha value is -2.60. The first-order valence-corrected chi connectivity index (χ1v) is 7.12. The quantitative estimate of drug-likeness (QED) is 0.638. The van der Waals surface area contributed by atoms with E-state index in [4.69, 9.17) is 17.3 Å². The van der Waals surface area contributed by atoms with Crippen LogP contribution in [0.2, 0.25) is 5.02 Å². The minimum atomic E-state index is -1.14. The van der Waals surface area contributed by atoms with Crippen LogP contribution in [0.3, 0.4) is 0 Å². The summed E-state index contributed by atoms with van der Waals surface area (Å²) in [6.45, 7) is 4.06. The first-order valence-electron chi connectivity index (χ1n) is 6.75. The number of H-pyrrole nitrogens is 1. The first kappa shape index (κ1) is 15.3. The second-order valence-corrected chi connectivity index (χ2v) is 5.50. The molecule has 0 aliphatic rings. The molecule has 7 heteroatoms. The monoisotopic (exact) mass is 334 g/mol. The number of nitrogens with zero attached hydrogens (tertiary/aromatic N) is 1. The van der Waals surface area contributed by atoms with E-state index in [2.05, 4.69) is 21.9 Å². The van der Waals surface area contributed by atoms with E-state index in [0.717, 1.165) is 22.7 Å². The maximum Gasteiger partial charge on any atom is 0.248 e. The number of hydrogen-bond acceptors (Lipinski definition) is 3. The normalized spacial score (nSPS) is 10.9. The summed E-state index contributed by atoms with van der Waals surface area (Å²) in [5.74, 6) is -1.78. The highest BCUT2D eigenvalue weighted by Gasteiger charge is 2.11. The third-order valence-electron chi connectivity index (χ3n) is 3.38. The van der Waals surface area contributed by atoms with Crippen molar-refractivity contribution in [3.8, 4) is 11.1 Å². The van der Waals surface area contributed by atoms with Gasteiger partial charge in [0.2, 0.25) is 5.95 Å². The molecule has 0 saturated heterocycles. The first-order chi connectivity index (χ1) is 10.9. The van der Waals surface area contributed by atoms with Crippen molar-refractivity contribution in [3.05, 3.63) is 65.3 Å². The van der Waals surface area contributed by atoms with Crippen LogP contribution in [-0.4, -0.2) is 9.97 Å². The fraction of sp³-hybridized carbons (Fsp3) is 0.0625. The second kappa shape index (κ2) is 5.89. The van der Waals surface area contributed by atoms with E-state index in [1.807, 2.05) is 6.07 Å². The van der Waals surface area contributed by atoms with Gasteiger partial charge in [0.15, 0.2) is 5.82 Å². The average Bonchev–Trinajstić information content (AvgIpc) is 2.89. The summed E-state index contributed by atoms with van der Waals surface area (Å²) in [5, 5.41) is 4.24. The second-order valence-electron chi connectivity index (χ2n) is 5.09. The van der Waals surface area contributed by atoms with Gasteiger partial charge in [-0.15, -0.1) is 0 Å². The van der Waals surface area contributed by atoms with Crippen molar-refractivity contribution in [2.24, 2.45) is 5.73 Å². The largest absolute Gasteiger partial charge is 0.386 e. The molecule has 0 radical (unpaired) electrons. The van der Waals surface area contributed by atoms with E-state index in [9.17, 15) is 8.78 Å². The molecule has 0 spiro atoms. The van der Waals surface area contributed by atoms with Crippen molar-refractivity contribution >= 4 is 22.5 Å². The van der Waals surface area contributed by atoms with Crippen LogP contribution in [0, 0.1) is 11.8 Å². The number of pyridine rings is 1. The number of benzene rings is 1. The summed E-state index contributed by atoms with van der Waals surface area (Å²) < 4.78 is 26.3. The number of rotatable bonds is 4. The molecule has 0 unspecified atom stereocenters. The van der Waals surface area contributed by atoms with Crippen molar-refractivity contribution < 1.29 is 8.78 Å². The molecule has 0 atom stereocenters. The van der Waals surface area contributed by atoms with Crippen LogP contribution < -0.4 is 11.1 Å². The Morgan fingerprint density at radius 2 is 2.09 bits per heavy atom. The zero-order valence-corrected chi connectivity index (χ0v) is 12.7. The average molecular weight is 335 g/mol. The van der Waals surface area contributed by atoms with Crippen LogP contribution in [0.1, 0.15) is 5.69 Å². The molecular weight excluding hydrogens is 322 g/mol. The number of nitrogens with two attached hydrogens (primary N) is 1. The number of halogens is 3. The van der Waals surface area contributed by atoms with Crippen LogP contribution in [0.15, 0.2) is 42.9 Å². The summed E-state index contributed by atoms with van der Waals surface area (Å²) in [7, 11) is 0. The smallest absolute Gasteiger partial charge is 0.248 e.